The number of rotatable bonds is 3. The maximum Gasteiger partial charge on any atom is 0.351 e. The molecule has 21 heavy (non-hydrogen) atoms. The number of anilines is 1. The molecule has 0 spiro atoms. The molecule has 8 heteroatoms. The zero-order chi connectivity index (χ0) is 15.8. The molecule has 116 valence electrons. The van der Waals surface area contributed by atoms with E-state index in [1.807, 2.05) is 0 Å². The predicted octanol–water partition coefficient (Wildman–Crippen LogP) is 2.10. The minimum Gasteiger partial charge on any atom is -0.381 e. The summed E-state index contributed by atoms with van der Waals surface area (Å²) in [6, 6.07) is 0. The molecule has 0 radical (unpaired) electrons. The third-order valence-electron chi connectivity index (χ3n) is 3.97. The zero-order valence-corrected chi connectivity index (χ0v) is 11.6. The first-order valence-corrected chi connectivity index (χ1v) is 6.50. The lowest BCUT2D eigenvalue weighted by Gasteiger charge is -2.27. The van der Waals surface area contributed by atoms with Crippen LogP contribution in [0, 0.1) is 11.7 Å². The minimum absolute atomic E-state index is 0.277. The lowest BCUT2D eigenvalue weighted by atomic mass is 9.85. The van der Waals surface area contributed by atoms with Crippen molar-refractivity contribution in [2.75, 3.05) is 5.73 Å². The molecule has 0 saturated carbocycles. The molecule has 1 aromatic rings. The first kappa shape index (κ1) is 15.6. The summed E-state index contributed by atoms with van der Waals surface area (Å²) in [5.41, 5.74) is 3.06. The summed E-state index contributed by atoms with van der Waals surface area (Å²) >= 11 is 0. The van der Waals surface area contributed by atoms with E-state index in [2.05, 4.69) is 4.98 Å². The van der Waals surface area contributed by atoms with Crippen LogP contribution in [0.4, 0.5) is 19.0 Å². The van der Waals surface area contributed by atoms with Crippen molar-refractivity contribution in [1.82, 2.24) is 9.55 Å². The van der Waals surface area contributed by atoms with Crippen LogP contribution >= 0.6 is 0 Å². The van der Waals surface area contributed by atoms with E-state index in [0.717, 1.165) is 12.3 Å². The van der Waals surface area contributed by atoms with Crippen molar-refractivity contribution in [3.05, 3.63) is 34.9 Å². The molecular weight excluding hydrogens is 287 g/mol. The summed E-state index contributed by atoms with van der Waals surface area (Å²) in [4.78, 5) is 15.0. The van der Waals surface area contributed by atoms with Crippen LogP contribution in [-0.2, 0) is 4.74 Å². The lowest BCUT2D eigenvalue weighted by molar-refractivity contribution is -0.0648. The van der Waals surface area contributed by atoms with E-state index >= 15 is 0 Å². The van der Waals surface area contributed by atoms with Crippen molar-refractivity contribution in [3.63, 3.8) is 0 Å². The topological polar surface area (TPSA) is 70.1 Å². The Balaban J connectivity index is 2.47. The summed E-state index contributed by atoms with van der Waals surface area (Å²) in [5.74, 6) is -2.23. The number of hydrogen-bond donors (Lipinski definition) is 1. The van der Waals surface area contributed by atoms with Crippen molar-refractivity contribution in [3.8, 4) is 0 Å². The average molecular weight is 303 g/mol. The number of nitrogen functional groups attached to an aromatic ring is 1. The summed E-state index contributed by atoms with van der Waals surface area (Å²) in [5, 5.41) is 0. The van der Waals surface area contributed by atoms with Crippen molar-refractivity contribution >= 4 is 5.82 Å². The van der Waals surface area contributed by atoms with Crippen molar-refractivity contribution in [1.29, 1.82) is 0 Å². The maximum atomic E-state index is 14.5. The van der Waals surface area contributed by atoms with E-state index in [1.165, 1.54) is 0 Å². The number of ether oxygens (including phenoxy) is 1. The van der Waals surface area contributed by atoms with Gasteiger partial charge in [0.05, 0.1) is 18.1 Å². The molecule has 2 rings (SSSR count). The van der Waals surface area contributed by atoms with E-state index in [4.69, 9.17) is 10.5 Å². The van der Waals surface area contributed by atoms with Gasteiger partial charge in [-0.1, -0.05) is 13.8 Å². The zero-order valence-electron chi connectivity index (χ0n) is 11.6. The van der Waals surface area contributed by atoms with Crippen molar-refractivity contribution in [2.45, 2.75) is 38.3 Å². The van der Waals surface area contributed by atoms with Crippen LogP contribution in [0.25, 0.3) is 0 Å². The molecule has 1 aliphatic rings. The quantitative estimate of drug-likeness (QED) is 0.928. The predicted molar refractivity (Wildman–Crippen MR) is 70.3 cm³/mol. The van der Waals surface area contributed by atoms with Crippen LogP contribution in [-0.4, -0.2) is 21.3 Å². The van der Waals surface area contributed by atoms with E-state index in [-0.39, 0.29) is 6.33 Å². The summed E-state index contributed by atoms with van der Waals surface area (Å²) in [6.07, 6.45) is -0.573. The van der Waals surface area contributed by atoms with Crippen LogP contribution in [0.2, 0.25) is 0 Å². The number of alkyl halides is 1. The standard InChI is InChI=1S/C13H16F3N3O2/c1-3-13(4-5-14)7(2)9(16)11(21-13)19-6-8(15)10(17)18-12(19)20/h4-7,9,11H,3H2,1-2H3,(H2,17,18,20)/b5-4-/t7-,9-,11+,13-/m0/s1. The van der Waals surface area contributed by atoms with Gasteiger partial charge < -0.3 is 10.5 Å². The Kier molecular flexibility index (Phi) is 4.08. The van der Waals surface area contributed by atoms with Gasteiger partial charge in [-0.3, -0.25) is 4.57 Å². The highest BCUT2D eigenvalue weighted by molar-refractivity contribution is 5.26. The SMILES string of the molecule is CC[C@@]1(/C=C\F)O[C@@H](n2cc(F)c(N)nc2=O)[C@@H](F)[C@@H]1C. The van der Waals surface area contributed by atoms with Gasteiger partial charge in [-0.15, -0.1) is 0 Å². The van der Waals surface area contributed by atoms with Gasteiger partial charge in [0.2, 0.25) is 0 Å². The Morgan fingerprint density at radius 3 is 2.86 bits per heavy atom. The minimum atomic E-state index is -1.62. The van der Waals surface area contributed by atoms with E-state index in [0.29, 0.717) is 11.0 Å². The van der Waals surface area contributed by atoms with Crippen LogP contribution in [0.5, 0.6) is 0 Å². The van der Waals surface area contributed by atoms with Crippen LogP contribution in [0.15, 0.2) is 23.4 Å². The lowest BCUT2D eigenvalue weighted by Crippen LogP contribution is -2.33. The van der Waals surface area contributed by atoms with Gasteiger partial charge in [-0.25, -0.2) is 18.0 Å². The van der Waals surface area contributed by atoms with Crippen molar-refractivity contribution < 1.29 is 17.9 Å². The Morgan fingerprint density at radius 2 is 2.29 bits per heavy atom. The van der Waals surface area contributed by atoms with E-state index < -0.39 is 41.2 Å². The highest BCUT2D eigenvalue weighted by Gasteiger charge is 2.52. The first-order valence-electron chi connectivity index (χ1n) is 6.50. The normalized spacial score (nSPS) is 32.9. The molecule has 1 aliphatic heterocycles. The fourth-order valence-corrected chi connectivity index (χ4v) is 2.58. The Hall–Kier alpha value is -1.83. The monoisotopic (exact) mass is 303 g/mol. The number of halogens is 3. The summed E-state index contributed by atoms with van der Waals surface area (Å²) in [6.45, 7) is 3.25. The third-order valence-corrected chi connectivity index (χ3v) is 3.97. The Bertz CT molecular complexity index is 619. The molecule has 4 atom stereocenters. The molecule has 0 aromatic carbocycles. The fourth-order valence-electron chi connectivity index (χ4n) is 2.58. The highest BCUT2D eigenvalue weighted by atomic mass is 19.1. The maximum absolute atomic E-state index is 14.5. The largest absolute Gasteiger partial charge is 0.381 e. The number of hydrogen-bond acceptors (Lipinski definition) is 4. The molecule has 1 saturated heterocycles. The van der Waals surface area contributed by atoms with Crippen LogP contribution < -0.4 is 11.4 Å². The third kappa shape index (κ3) is 2.44. The smallest absolute Gasteiger partial charge is 0.351 e. The molecule has 1 aromatic heterocycles. The van der Waals surface area contributed by atoms with Gasteiger partial charge in [-0.2, -0.15) is 4.98 Å². The fraction of sp³-hybridized carbons (Fsp3) is 0.538. The molecule has 0 unspecified atom stereocenters. The van der Waals surface area contributed by atoms with Gasteiger partial charge in [-0.05, 0) is 12.5 Å². The van der Waals surface area contributed by atoms with E-state index in [9.17, 15) is 18.0 Å². The second-order valence-electron chi connectivity index (χ2n) is 5.01. The molecule has 0 amide bonds. The average Bonchev–Trinajstić information content (AvgIpc) is 2.69. The molecular formula is C13H16F3N3O2. The number of nitrogens with two attached hydrogens (primary N) is 1. The Labute approximate surface area is 119 Å². The van der Waals surface area contributed by atoms with Gasteiger partial charge in [0, 0.05) is 5.92 Å². The van der Waals surface area contributed by atoms with Crippen LogP contribution in [0.3, 0.4) is 0 Å². The summed E-state index contributed by atoms with van der Waals surface area (Å²) < 4.78 is 46.7. The van der Waals surface area contributed by atoms with Crippen LogP contribution in [0.1, 0.15) is 26.5 Å². The van der Waals surface area contributed by atoms with Crippen molar-refractivity contribution in [2.24, 2.45) is 5.92 Å². The number of aromatic nitrogens is 2. The second-order valence-corrected chi connectivity index (χ2v) is 5.01. The molecule has 2 heterocycles. The van der Waals surface area contributed by atoms with Gasteiger partial charge in [0.15, 0.2) is 24.0 Å². The molecule has 0 bridgehead atoms. The number of nitrogens with zero attached hydrogens (tertiary/aromatic N) is 2. The molecule has 2 N–H and O–H groups in total. The highest BCUT2D eigenvalue weighted by Crippen LogP contribution is 2.45. The first-order chi connectivity index (χ1) is 9.86. The molecule has 1 fully saturated rings. The van der Waals surface area contributed by atoms with Gasteiger partial charge in [0.1, 0.15) is 0 Å². The van der Waals surface area contributed by atoms with Gasteiger partial charge in [0.25, 0.3) is 0 Å². The summed E-state index contributed by atoms with van der Waals surface area (Å²) in [7, 11) is 0. The molecule has 5 nitrogen and oxygen atoms in total. The Morgan fingerprint density at radius 1 is 1.62 bits per heavy atom. The second kappa shape index (κ2) is 5.51. The molecule has 0 aliphatic carbocycles. The van der Waals surface area contributed by atoms with Gasteiger partial charge >= 0.3 is 5.69 Å². The van der Waals surface area contributed by atoms with E-state index in [1.54, 1.807) is 13.8 Å².